The van der Waals surface area contributed by atoms with Crippen molar-refractivity contribution in [2.45, 2.75) is 26.8 Å². The highest BCUT2D eigenvalue weighted by atomic mass is 32.1. The van der Waals surface area contributed by atoms with E-state index in [0.29, 0.717) is 44.2 Å². The first-order valence-corrected chi connectivity index (χ1v) is 13.4. The van der Waals surface area contributed by atoms with E-state index in [1.807, 2.05) is 67.8 Å². The molecule has 3 rings (SSSR count). The van der Waals surface area contributed by atoms with Gasteiger partial charge in [-0.2, -0.15) is 0 Å². The maximum atomic E-state index is 13.6. The van der Waals surface area contributed by atoms with Crippen LogP contribution in [0, 0.1) is 13.8 Å². The molecule has 0 spiro atoms. The molecule has 204 valence electrons. The van der Waals surface area contributed by atoms with E-state index >= 15 is 0 Å². The number of thiophene rings is 1. The minimum absolute atomic E-state index is 0.0582. The van der Waals surface area contributed by atoms with Crippen LogP contribution in [0.4, 0.5) is 10.5 Å². The molecule has 1 aromatic heterocycles. The molecule has 0 atom stereocenters. The number of aryl methyl sites for hydroxylation is 1. The van der Waals surface area contributed by atoms with E-state index in [-0.39, 0.29) is 18.5 Å². The average Bonchev–Trinajstić information content (AvgIpc) is 3.44. The molecule has 9 heteroatoms. The Balaban J connectivity index is 1.75. The Morgan fingerprint density at radius 2 is 1.71 bits per heavy atom. The van der Waals surface area contributed by atoms with E-state index in [1.54, 1.807) is 37.6 Å². The second kappa shape index (κ2) is 14.4. The standard InChI is InChI=1S/C29H37N3O5S/c1-21-8-6-10-25(22(21)2)30-29(34)32(15-16-35-3)20-28(33)31(19-24-9-7-17-38-24)14-13-23-11-12-26(36-4)27(18-23)37-5/h6-12,17-18H,13-16,19-20H2,1-5H3,(H,30,34). The number of carbonyl (C=O) groups excluding carboxylic acids is 2. The normalized spacial score (nSPS) is 10.7. The monoisotopic (exact) mass is 539 g/mol. The van der Waals surface area contributed by atoms with Crippen LogP contribution < -0.4 is 14.8 Å². The van der Waals surface area contributed by atoms with Gasteiger partial charge in [-0.25, -0.2) is 4.79 Å². The summed E-state index contributed by atoms with van der Waals surface area (Å²) < 4.78 is 16.0. The molecule has 2 aromatic carbocycles. The van der Waals surface area contributed by atoms with Gasteiger partial charge in [-0.05, 0) is 66.6 Å². The van der Waals surface area contributed by atoms with Crippen molar-refractivity contribution in [2.24, 2.45) is 0 Å². The van der Waals surface area contributed by atoms with Gasteiger partial charge in [0, 0.05) is 30.8 Å². The summed E-state index contributed by atoms with van der Waals surface area (Å²) in [7, 11) is 4.78. The lowest BCUT2D eigenvalue weighted by molar-refractivity contribution is -0.132. The summed E-state index contributed by atoms with van der Waals surface area (Å²) in [5.41, 5.74) is 3.83. The van der Waals surface area contributed by atoms with Crippen molar-refractivity contribution in [3.05, 3.63) is 75.5 Å². The second-order valence-electron chi connectivity index (χ2n) is 8.93. The fourth-order valence-corrected chi connectivity index (χ4v) is 4.70. The molecular formula is C29H37N3O5S. The van der Waals surface area contributed by atoms with Gasteiger partial charge >= 0.3 is 6.03 Å². The van der Waals surface area contributed by atoms with Gasteiger partial charge in [0.05, 0.1) is 27.4 Å². The Kier molecular flexibility index (Phi) is 11.0. The number of anilines is 1. The zero-order valence-electron chi connectivity index (χ0n) is 22.8. The summed E-state index contributed by atoms with van der Waals surface area (Å²) in [6.07, 6.45) is 0.629. The lowest BCUT2D eigenvalue weighted by Crippen LogP contribution is -2.46. The van der Waals surface area contributed by atoms with Gasteiger partial charge in [-0.1, -0.05) is 24.3 Å². The molecule has 0 aliphatic rings. The van der Waals surface area contributed by atoms with Crippen molar-refractivity contribution in [3.8, 4) is 11.5 Å². The molecule has 1 heterocycles. The van der Waals surface area contributed by atoms with Crippen LogP contribution in [-0.4, -0.2) is 69.3 Å². The highest BCUT2D eigenvalue weighted by molar-refractivity contribution is 7.09. The first-order chi connectivity index (χ1) is 18.4. The number of rotatable bonds is 13. The van der Waals surface area contributed by atoms with Crippen molar-refractivity contribution < 1.29 is 23.8 Å². The van der Waals surface area contributed by atoms with Crippen LogP contribution in [0.25, 0.3) is 0 Å². The molecule has 1 N–H and O–H groups in total. The van der Waals surface area contributed by atoms with Crippen molar-refractivity contribution in [2.75, 3.05) is 52.9 Å². The van der Waals surface area contributed by atoms with Gasteiger partial charge in [0.25, 0.3) is 0 Å². The fourth-order valence-electron chi connectivity index (χ4n) is 3.98. The van der Waals surface area contributed by atoms with Gasteiger partial charge in [0.2, 0.25) is 5.91 Å². The second-order valence-corrected chi connectivity index (χ2v) is 9.96. The van der Waals surface area contributed by atoms with E-state index in [2.05, 4.69) is 5.32 Å². The molecule has 38 heavy (non-hydrogen) atoms. The number of nitrogens with one attached hydrogen (secondary N) is 1. The molecule has 0 aliphatic heterocycles. The van der Waals surface area contributed by atoms with Crippen molar-refractivity contribution >= 4 is 29.0 Å². The molecule has 0 aliphatic carbocycles. The Bertz CT molecular complexity index is 1200. The first-order valence-electron chi connectivity index (χ1n) is 12.5. The minimum atomic E-state index is -0.333. The zero-order chi connectivity index (χ0) is 27.5. The molecule has 0 radical (unpaired) electrons. The van der Waals surface area contributed by atoms with E-state index in [4.69, 9.17) is 14.2 Å². The molecule has 0 saturated heterocycles. The first kappa shape index (κ1) is 29.0. The van der Waals surface area contributed by atoms with Gasteiger partial charge in [-0.3, -0.25) is 4.79 Å². The highest BCUT2D eigenvalue weighted by Crippen LogP contribution is 2.28. The largest absolute Gasteiger partial charge is 0.493 e. The Labute approximate surface area is 229 Å². The third-order valence-corrected chi connectivity index (χ3v) is 7.28. The van der Waals surface area contributed by atoms with E-state index < -0.39 is 0 Å². The third-order valence-electron chi connectivity index (χ3n) is 6.42. The summed E-state index contributed by atoms with van der Waals surface area (Å²) in [5.74, 6) is 1.17. The maximum absolute atomic E-state index is 13.6. The Hall–Kier alpha value is -3.56. The molecule has 0 fully saturated rings. The van der Waals surface area contributed by atoms with Gasteiger partial charge in [0.15, 0.2) is 11.5 Å². The van der Waals surface area contributed by atoms with Gasteiger partial charge < -0.3 is 29.3 Å². The van der Waals surface area contributed by atoms with E-state index in [9.17, 15) is 9.59 Å². The van der Waals surface area contributed by atoms with Crippen molar-refractivity contribution in [1.82, 2.24) is 9.80 Å². The lowest BCUT2D eigenvalue weighted by atomic mass is 10.1. The van der Waals surface area contributed by atoms with E-state index in [0.717, 1.165) is 27.3 Å². The van der Waals surface area contributed by atoms with Crippen molar-refractivity contribution in [1.29, 1.82) is 0 Å². The minimum Gasteiger partial charge on any atom is -0.493 e. The third kappa shape index (κ3) is 7.97. The van der Waals surface area contributed by atoms with Gasteiger partial charge in [-0.15, -0.1) is 11.3 Å². The topological polar surface area (TPSA) is 80.3 Å². The summed E-state index contributed by atoms with van der Waals surface area (Å²) in [6.45, 7) is 5.48. The SMILES string of the molecule is COCCN(CC(=O)N(CCc1ccc(OC)c(OC)c1)Cc1cccs1)C(=O)Nc1cccc(C)c1C. The van der Waals surface area contributed by atoms with Crippen LogP contribution in [0.3, 0.4) is 0 Å². The molecular weight excluding hydrogens is 502 g/mol. The summed E-state index contributed by atoms with van der Waals surface area (Å²) in [5, 5.41) is 4.96. The van der Waals surface area contributed by atoms with Crippen LogP contribution >= 0.6 is 11.3 Å². The van der Waals surface area contributed by atoms with E-state index in [1.165, 1.54) is 4.90 Å². The van der Waals surface area contributed by atoms with Crippen molar-refractivity contribution in [3.63, 3.8) is 0 Å². The number of benzene rings is 2. The number of methoxy groups -OCH3 is 3. The molecule has 3 aromatic rings. The molecule has 0 unspecified atom stereocenters. The predicted molar refractivity (Wildman–Crippen MR) is 151 cm³/mol. The summed E-state index contributed by atoms with van der Waals surface area (Å²) in [6, 6.07) is 15.2. The zero-order valence-corrected chi connectivity index (χ0v) is 23.6. The van der Waals surface area contributed by atoms with Crippen LogP contribution in [0.15, 0.2) is 53.9 Å². The molecule has 3 amide bonds. The number of urea groups is 1. The average molecular weight is 540 g/mol. The summed E-state index contributed by atoms with van der Waals surface area (Å²) >= 11 is 1.60. The van der Waals surface area contributed by atoms with Crippen LogP contribution in [-0.2, 0) is 22.5 Å². The van der Waals surface area contributed by atoms with Crippen LogP contribution in [0.5, 0.6) is 11.5 Å². The number of hydrogen-bond donors (Lipinski definition) is 1. The smallest absolute Gasteiger partial charge is 0.322 e. The molecule has 0 bridgehead atoms. The highest BCUT2D eigenvalue weighted by Gasteiger charge is 2.22. The van der Waals surface area contributed by atoms with Crippen LogP contribution in [0.1, 0.15) is 21.6 Å². The number of amides is 3. The molecule has 8 nitrogen and oxygen atoms in total. The van der Waals surface area contributed by atoms with Gasteiger partial charge in [0.1, 0.15) is 6.54 Å². The number of ether oxygens (including phenoxy) is 3. The van der Waals surface area contributed by atoms with Crippen LogP contribution in [0.2, 0.25) is 0 Å². The summed E-state index contributed by atoms with van der Waals surface area (Å²) in [4.78, 5) is 31.2. The maximum Gasteiger partial charge on any atom is 0.322 e. The Morgan fingerprint density at radius 3 is 2.39 bits per heavy atom. The predicted octanol–water partition coefficient (Wildman–Crippen LogP) is 5.13. The number of nitrogens with zero attached hydrogens (tertiary/aromatic N) is 2. The molecule has 0 saturated carbocycles. The lowest BCUT2D eigenvalue weighted by Gasteiger charge is -2.28. The number of carbonyl (C=O) groups is 2. The number of hydrogen-bond acceptors (Lipinski definition) is 6. The quantitative estimate of drug-likeness (QED) is 0.326. The fraction of sp³-hybridized carbons (Fsp3) is 0.379. The Morgan fingerprint density at radius 1 is 0.921 bits per heavy atom.